The van der Waals surface area contributed by atoms with Gasteiger partial charge in [-0.15, -0.1) is 6.42 Å². The minimum Gasteiger partial charge on any atom is -0.480 e. The van der Waals surface area contributed by atoms with E-state index in [1.165, 1.54) is 23.9 Å². The zero-order chi connectivity index (χ0) is 36.3. The fraction of sp³-hybridized carbons (Fsp3) is 0.481. The number of rotatable bonds is 16. The van der Waals surface area contributed by atoms with Gasteiger partial charge in [0.25, 0.3) is 0 Å². The molecule has 46 heavy (non-hydrogen) atoms. The Labute approximate surface area is 268 Å². The number of hydrazine groups is 1. The third-order valence-corrected chi connectivity index (χ3v) is 6.16. The van der Waals surface area contributed by atoms with Crippen LogP contribution in [0.25, 0.3) is 0 Å². The quantitative estimate of drug-likeness (QED) is 0.0345. The number of carbonyl (C=O) groups is 6. The number of alkyl halides is 3. The number of carbonyl (C=O) groups excluding carboxylic acids is 4. The molecule has 0 heterocycles. The fourth-order valence-corrected chi connectivity index (χ4v) is 3.34. The van der Waals surface area contributed by atoms with E-state index in [1.54, 1.807) is 0 Å². The number of aliphatic carboxylic acids is 2. The average molecular weight is 682 g/mol. The number of nitrogens with two attached hydrogens (primary N) is 3. The molecule has 0 bridgehead atoms. The van der Waals surface area contributed by atoms with Gasteiger partial charge in [-0.05, 0) is 36.8 Å². The lowest BCUT2D eigenvalue weighted by Crippen LogP contribution is -2.57. The van der Waals surface area contributed by atoms with Crippen LogP contribution in [0.5, 0.6) is 0 Å². The second kappa shape index (κ2) is 26.2. The first-order valence-corrected chi connectivity index (χ1v) is 14.3. The molecule has 0 aliphatic heterocycles. The van der Waals surface area contributed by atoms with Crippen molar-refractivity contribution in [1.82, 2.24) is 21.5 Å². The molecular formula is C27H42F3N7O8S. The van der Waals surface area contributed by atoms with Gasteiger partial charge < -0.3 is 47.6 Å². The minimum atomic E-state index is -4.82. The van der Waals surface area contributed by atoms with Crippen LogP contribution in [0.1, 0.15) is 43.4 Å². The molecule has 260 valence electrons. The van der Waals surface area contributed by atoms with Crippen LogP contribution in [-0.2, 0) is 34.4 Å². The zero-order valence-corrected chi connectivity index (χ0v) is 26.2. The van der Waals surface area contributed by atoms with E-state index in [4.69, 9.17) is 38.6 Å². The van der Waals surface area contributed by atoms with Gasteiger partial charge in [0.05, 0.1) is 12.3 Å². The molecule has 2 amide bonds. The van der Waals surface area contributed by atoms with Crippen LogP contribution >= 0.6 is 11.8 Å². The summed E-state index contributed by atoms with van der Waals surface area (Å²) in [6, 6.07) is 2.73. The Morgan fingerprint density at radius 2 is 1.67 bits per heavy atom. The lowest BCUT2D eigenvalue weighted by Gasteiger charge is -2.28. The molecule has 1 aromatic carbocycles. The lowest BCUT2D eigenvalue weighted by atomic mass is 9.97. The fourth-order valence-electron chi connectivity index (χ4n) is 2.64. The van der Waals surface area contributed by atoms with Crippen LogP contribution in [-0.4, -0.2) is 90.9 Å². The Hall–Kier alpha value is -4.06. The van der Waals surface area contributed by atoms with Crippen LogP contribution in [0.15, 0.2) is 24.3 Å². The first kappa shape index (κ1) is 46.4. The first-order chi connectivity index (χ1) is 21.5. The van der Waals surface area contributed by atoms with Gasteiger partial charge >= 0.3 is 18.1 Å². The second-order valence-electron chi connectivity index (χ2n) is 8.74. The second-order valence-corrected chi connectivity index (χ2v) is 9.84. The monoisotopic (exact) mass is 681 g/mol. The highest BCUT2D eigenvalue weighted by atomic mass is 32.2. The average Bonchev–Trinajstić information content (AvgIpc) is 3.00. The highest BCUT2D eigenvalue weighted by Gasteiger charge is 2.50. The van der Waals surface area contributed by atoms with Crippen molar-refractivity contribution in [2.75, 3.05) is 31.6 Å². The Balaban J connectivity index is -0.000000715. The maximum atomic E-state index is 12.8. The summed E-state index contributed by atoms with van der Waals surface area (Å²) in [7, 11) is 1.82. The molecule has 2 unspecified atom stereocenters. The SMILES string of the molecule is C#CCNC.C=O.CCCSCC(=O)NC(C=O)c1ccc(C(N)(N)C(F)(F)F)cc1.NC(CCC(=O)NNCC(=O)O)C(=O)O. The van der Waals surface area contributed by atoms with Gasteiger partial charge in [0.2, 0.25) is 11.8 Å². The normalized spacial score (nSPS) is 11.6. The van der Waals surface area contributed by atoms with Gasteiger partial charge in [-0.1, -0.05) is 37.1 Å². The van der Waals surface area contributed by atoms with Crippen molar-refractivity contribution in [2.24, 2.45) is 17.2 Å². The van der Waals surface area contributed by atoms with E-state index in [0.717, 1.165) is 24.3 Å². The summed E-state index contributed by atoms with van der Waals surface area (Å²) >= 11 is 1.43. The molecule has 12 N–H and O–H groups in total. The largest absolute Gasteiger partial charge is 0.480 e. The molecule has 0 saturated carbocycles. The van der Waals surface area contributed by atoms with E-state index in [1.807, 2.05) is 20.8 Å². The van der Waals surface area contributed by atoms with Crippen LogP contribution in [0.3, 0.4) is 0 Å². The molecule has 0 spiro atoms. The highest BCUT2D eigenvalue weighted by Crippen LogP contribution is 2.32. The molecule has 0 aliphatic carbocycles. The van der Waals surface area contributed by atoms with Gasteiger partial charge in [0, 0.05) is 6.42 Å². The molecule has 0 fully saturated rings. The van der Waals surface area contributed by atoms with E-state index >= 15 is 0 Å². The number of hydrogen-bond acceptors (Lipinski definition) is 12. The van der Waals surface area contributed by atoms with E-state index in [9.17, 15) is 37.1 Å². The van der Waals surface area contributed by atoms with Crippen LogP contribution in [0, 0.1) is 12.3 Å². The predicted molar refractivity (Wildman–Crippen MR) is 166 cm³/mol. The Morgan fingerprint density at radius 1 is 1.11 bits per heavy atom. The molecule has 15 nitrogen and oxygen atoms in total. The van der Waals surface area contributed by atoms with Gasteiger partial charge in [-0.2, -0.15) is 24.9 Å². The number of carboxylic acid groups (broad SMARTS) is 2. The molecule has 19 heteroatoms. The number of nitrogens with one attached hydrogen (secondary N) is 4. The van der Waals surface area contributed by atoms with Crippen molar-refractivity contribution in [1.29, 1.82) is 0 Å². The van der Waals surface area contributed by atoms with E-state index in [0.29, 0.717) is 18.4 Å². The smallest absolute Gasteiger partial charge is 0.423 e. The van der Waals surface area contributed by atoms with Gasteiger partial charge in [0.1, 0.15) is 31.7 Å². The Morgan fingerprint density at radius 3 is 2.07 bits per heavy atom. The van der Waals surface area contributed by atoms with Gasteiger partial charge in [-0.3, -0.25) is 24.6 Å². The van der Waals surface area contributed by atoms with E-state index in [2.05, 4.69) is 27.4 Å². The number of carboxylic acids is 2. The molecule has 0 saturated heterocycles. The minimum absolute atomic E-state index is 0.00405. The number of hydrogen-bond donors (Lipinski definition) is 9. The van der Waals surface area contributed by atoms with Crippen LogP contribution in [0.2, 0.25) is 0 Å². The van der Waals surface area contributed by atoms with Crippen molar-refractivity contribution in [3.63, 3.8) is 0 Å². The number of terminal acetylenes is 1. The summed E-state index contributed by atoms with van der Waals surface area (Å²) in [6.45, 7) is 4.24. The summed E-state index contributed by atoms with van der Waals surface area (Å²) in [4.78, 5) is 62.1. The number of amides is 2. The molecule has 1 rings (SSSR count). The summed E-state index contributed by atoms with van der Waals surface area (Å²) in [6.07, 6.45) is 1.36. The van der Waals surface area contributed by atoms with Crippen LogP contribution < -0.4 is 38.7 Å². The van der Waals surface area contributed by atoms with Gasteiger partial charge in [0.15, 0.2) is 5.66 Å². The Kier molecular flexibility index (Phi) is 26.4. The predicted octanol–water partition coefficient (Wildman–Crippen LogP) is -0.643. The van der Waals surface area contributed by atoms with E-state index in [-0.39, 0.29) is 30.1 Å². The summed E-state index contributed by atoms with van der Waals surface area (Å²) < 4.78 is 38.4. The third-order valence-electron chi connectivity index (χ3n) is 5.00. The maximum absolute atomic E-state index is 12.8. The topological polar surface area (TPSA) is 269 Å². The third kappa shape index (κ3) is 21.6. The molecule has 2 atom stereocenters. The maximum Gasteiger partial charge on any atom is 0.423 e. The summed E-state index contributed by atoms with van der Waals surface area (Å²) in [5.41, 5.74) is 16.7. The summed E-state index contributed by atoms with van der Waals surface area (Å²) in [5.74, 6) is 0.312. The van der Waals surface area contributed by atoms with Crippen molar-refractivity contribution in [3.8, 4) is 12.3 Å². The van der Waals surface area contributed by atoms with Crippen molar-refractivity contribution in [3.05, 3.63) is 35.4 Å². The Bertz CT molecular complexity index is 1100. The number of halogens is 3. The molecular weight excluding hydrogens is 639 g/mol. The first-order valence-electron chi connectivity index (χ1n) is 13.1. The van der Waals surface area contributed by atoms with Crippen molar-refractivity contribution >= 4 is 48.6 Å². The summed E-state index contributed by atoms with van der Waals surface area (Å²) in [5, 5.41) is 21.9. The van der Waals surface area contributed by atoms with Crippen LogP contribution in [0.4, 0.5) is 13.2 Å². The number of aldehydes is 1. The number of thioether (sulfide) groups is 1. The molecule has 0 aliphatic rings. The highest BCUT2D eigenvalue weighted by molar-refractivity contribution is 7.99. The lowest BCUT2D eigenvalue weighted by molar-refractivity contribution is -0.188. The molecule has 0 aromatic heterocycles. The number of benzene rings is 1. The van der Waals surface area contributed by atoms with Gasteiger partial charge in [-0.25, -0.2) is 5.43 Å². The molecule has 1 aromatic rings. The van der Waals surface area contributed by atoms with Crippen molar-refractivity contribution < 1.29 is 52.2 Å². The van der Waals surface area contributed by atoms with E-state index < -0.39 is 48.3 Å². The van der Waals surface area contributed by atoms with Crippen molar-refractivity contribution in [2.45, 2.75) is 50.1 Å². The standard InChI is InChI=1S/C15H20F3N3O2S.C7H13N3O5.C4H7N.CH2O/c1-2-7-24-9-13(23)21-12(8-22)10-3-5-11(6-4-10)14(19,20)15(16,17)18;8-4(7(14)15)1-2-5(11)10-9-3-6(12)13;1-3-4-5-2;1-2/h3-6,8,12H,2,7,9,19-20H2,1H3,(H,21,23);4,9H,1-3,8H2,(H,10,11)(H,12,13)(H,14,15);1,5H,4H2,2H3;1H2. The molecule has 0 radical (unpaired) electrons. The zero-order valence-electron chi connectivity index (χ0n) is 25.4.